The molecule has 118 valence electrons. The number of thiazole rings is 1. The van der Waals surface area contributed by atoms with E-state index in [1.165, 1.54) is 4.88 Å². The monoisotopic (exact) mass is 311 g/mol. The maximum Gasteiger partial charge on any atom is 0.227 e. The van der Waals surface area contributed by atoms with Crippen molar-refractivity contribution in [2.75, 3.05) is 27.2 Å². The summed E-state index contributed by atoms with van der Waals surface area (Å²) in [7, 11) is 3.36. The second kappa shape index (κ2) is 7.97. The molecule has 0 fully saturated rings. The molecule has 1 aromatic heterocycles. The summed E-state index contributed by atoms with van der Waals surface area (Å²) in [6.07, 6.45) is 2.75. The van der Waals surface area contributed by atoms with Crippen molar-refractivity contribution >= 4 is 23.2 Å². The smallest absolute Gasteiger partial charge is 0.227 e. The van der Waals surface area contributed by atoms with Crippen LogP contribution in [0.4, 0.5) is 0 Å². The molecule has 21 heavy (non-hydrogen) atoms. The predicted octanol–water partition coefficient (Wildman–Crippen LogP) is 0.931. The van der Waals surface area contributed by atoms with Gasteiger partial charge in [0.1, 0.15) is 0 Å². The molecule has 7 heteroatoms. The van der Waals surface area contributed by atoms with Crippen molar-refractivity contribution in [3.8, 4) is 0 Å². The lowest BCUT2D eigenvalue weighted by molar-refractivity contribution is -0.128. The van der Waals surface area contributed by atoms with Gasteiger partial charge in [-0.25, -0.2) is 4.98 Å². The van der Waals surface area contributed by atoms with E-state index in [0.717, 1.165) is 18.0 Å². The Labute approximate surface area is 130 Å². The van der Waals surface area contributed by atoms with Gasteiger partial charge < -0.3 is 16.0 Å². The molecule has 1 heterocycles. The molecule has 0 saturated heterocycles. The van der Waals surface area contributed by atoms with E-state index >= 15 is 0 Å². The molecule has 0 spiro atoms. The van der Waals surface area contributed by atoms with Gasteiger partial charge in [0.05, 0.1) is 10.4 Å². The molecule has 1 rings (SSSR count). The number of nitrogens with zero attached hydrogens (tertiary/aromatic N) is 2. The van der Waals surface area contributed by atoms with Gasteiger partial charge in [-0.3, -0.25) is 9.79 Å². The van der Waals surface area contributed by atoms with Crippen molar-refractivity contribution in [2.45, 2.75) is 27.2 Å². The van der Waals surface area contributed by atoms with Gasteiger partial charge in [0, 0.05) is 44.7 Å². The minimum absolute atomic E-state index is 0.00344. The van der Waals surface area contributed by atoms with E-state index in [4.69, 9.17) is 0 Å². The average molecular weight is 311 g/mol. The summed E-state index contributed by atoms with van der Waals surface area (Å²) < 4.78 is 0. The molecule has 0 radical (unpaired) electrons. The normalized spacial score (nSPS) is 12.1. The maximum atomic E-state index is 11.7. The van der Waals surface area contributed by atoms with Gasteiger partial charge in [-0.1, -0.05) is 0 Å². The van der Waals surface area contributed by atoms with Crippen LogP contribution in [-0.4, -0.2) is 44.0 Å². The third-order valence-electron chi connectivity index (χ3n) is 3.06. The Balaban J connectivity index is 2.37. The van der Waals surface area contributed by atoms with E-state index in [2.05, 4.69) is 32.9 Å². The summed E-state index contributed by atoms with van der Waals surface area (Å²) in [5, 5.41) is 10.2. The van der Waals surface area contributed by atoms with Crippen molar-refractivity contribution in [1.82, 2.24) is 20.9 Å². The van der Waals surface area contributed by atoms with Gasteiger partial charge in [0.25, 0.3) is 0 Å². The molecule has 1 aromatic rings. The first kappa shape index (κ1) is 17.4. The summed E-state index contributed by atoms with van der Waals surface area (Å²) in [5.41, 5.74) is -0.487. The fourth-order valence-electron chi connectivity index (χ4n) is 1.75. The van der Waals surface area contributed by atoms with Crippen LogP contribution in [0.2, 0.25) is 0 Å². The first-order chi connectivity index (χ1) is 9.89. The summed E-state index contributed by atoms with van der Waals surface area (Å²) in [6.45, 7) is 7.11. The molecule has 3 N–H and O–H groups in total. The molecule has 0 unspecified atom stereocenters. The molecule has 0 aromatic carbocycles. The SMILES string of the molecule is CN=C(NCCc1ncc(C)s1)NCC(C)(C)C(=O)NC. The molecule has 1 amide bonds. The van der Waals surface area contributed by atoms with Crippen molar-refractivity contribution in [3.63, 3.8) is 0 Å². The summed E-state index contributed by atoms with van der Waals surface area (Å²) in [4.78, 5) is 21.4. The topological polar surface area (TPSA) is 78.4 Å². The highest BCUT2D eigenvalue weighted by atomic mass is 32.1. The number of guanidine groups is 1. The predicted molar refractivity (Wildman–Crippen MR) is 87.8 cm³/mol. The summed E-state index contributed by atoms with van der Waals surface area (Å²) in [6, 6.07) is 0. The average Bonchev–Trinajstić information content (AvgIpc) is 2.87. The van der Waals surface area contributed by atoms with E-state index in [-0.39, 0.29) is 5.91 Å². The van der Waals surface area contributed by atoms with Crippen LogP contribution in [0.25, 0.3) is 0 Å². The Morgan fingerprint density at radius 3 is 2.67 bits per heavy atom. The summed E-state index contributed by atoms with van der Waals surface area (Å²) >= 11 is 1.71. The number of hydrogen-bond acceptors (Lipinski definition) is 4. The lowest BCUT2D eigenvalue weighted by atomic mass is 9.92. The Bertz CT molecular complexity index is 495. The Hall–Kier alpha value is -1.63. The fourth-order valence-corrected chi connectivity index (χ4v) is 2.54. The van der Waals surface area contributed by atoms with E-state index in [1.807, 2.05) is 20.0 Å². The maximum absolute atomic E-state index is 11.7. The number of nitrogens with one attached hydrogen (secondary N) is 3. The standard InChI is InChI=1S/C14H25N5OS/c1-10-8-18-11(21-10)6-7-17-13(16-5)19-9-14(2,3)12(20)15-4/h8H,6-7,9H2,1-5H3,(H,15,20)(H2,16,17,19). The van der Waals surface area contributed by atoms with Crippen LogP contribution < -0.4 is 16.0 Å². The highest BCUT2D eigenvalue weighted by Crippen LogP contribution is 2.13. The number of carbonyl (C=O) groups is 1. The Kier molecular flexibility index (Phi) is 6.61. The zero-order valence-corrected chi connectivity index (χ0v) is 14.2. The fraction of sp³-hybridized carbons (Fsp3) is 0.643. The van der Waals surface area contributed by atoms with Gasteiger partial charge in [0.2, 0.25) is 5.91 Å². The first-order valence-corrected chi connectivity index (χ1v) is 7.78. The van der Waals surface area contributed by atoms with Gasteiger partial charge in [-0.15, -0.1) is 11.3 Å². The first-order valence-electron chi connectivity index (χ1n) is 6.97. The lowest BCUT2D eigenvalue weighted by Crippen LogP contribution is -2.47. The van der Waals surface area contributed by atoms with Gasteiger partial charge in [-0.2, -0.15) is 0 Å². The number of aliphatic imine (C=N–C) groups is 1. The number of aryl methyl sites for hydroxylation is 1. The Morgan fingerprint density at radius 1 is 1.43 bits per heavy atom. The molecule has 6 nitrogen and oxygen atoms in total. The number of rotatable bonds is 6. The largest absolute Gasteiger partial charge is 0.359 e. The van der Waals surface area contributed by atoms with Crippen molar-refractivity contribution in [1.29, 1.82) is 0 Å². The third kappa shape index (κ3) is 5.71. The van der Waals surface area contributed by atoms with Gasteiger partial charge >= 0.3 is 0 Å². The van der Waals surface area contributed by atoms with Crippen molar-refractivity contribution in [3.05, 3.63) is 16.1 Å². The lowest BCUT2D eigenvalue weighted by Gasteiger charge is -2.24. The highest BCUT2D eigenvalue weighted by molar-refractivity contribution is 7.11. The summed E-state index contributed by atoms with van der Waals surface area (Å²) in [5.74, 6) is 0.698. The van der Waals surface area contributed by atoms with Crippen LogP contribution in [0.1, 0.15) is 23.7 Å². The molecule has 0 aliphatic heterocycles. The Morgan fingerprint density at radius 2 is 2.14 bits per heavy atom. The number of amides is 1. The van der Waals surface area contributed by atoms with Gasteiger partial charge in [-0.05, 0) is 20.8 Å². The van der Waals surface area contributed by atoms with E-state index in [9.17, 15) is 4.79 Å². The minimum atomic E-state index is -0.487. The molecule has 0 atom stereocenters. The molecule has 0 saturated carbocycles. The second-order valence-corrected chi connectivity index (χ2v) is 6.75. The molecular formula is C14H25N5OS. The molecular weight excluding hydrogens is 286 g/mol. The molecule has 0 aliphatic rings. The van der Waals surface area contributed by atoms with Crippen LogP contribution >= 0.6 is 11.3 Å². The molecule has 0 aliphatic carbocycles. The second-order valence-electron chi connectivity index (χ2n) is 5.43. The number of hydrogen-bond donors (Lipinski definition) is 3. The highest BCUT2D eigenvalue weighted by Gasteiger charge is 2.26. The quantitative estimate of drug-likeness (QED) is 0.539. The van der Waals surface area contributed by atoms with E-state index < -0.39 is 5.41 Å². The van der Waals surface area contributed by atoms with Crippen LogP contribution in [0.15, 0.2) is 11.2 Å². The minimum Gasteiger partial charge on any atom is -0.359 e. The zero-order valence-electron chi connectivity index (χ0n) is 13.4. The van der Waals surface area contributed by atoms with Crippen molar-refractivity contribution < 1.29 is 4.79 Å². The molecule has 0 bridgehead atoms. The van der Waals surface area contributed by atoms with Crippen LogP contribution in [-0.2, 0) is 11.2 Å². The van der Waals surface area contributed by atoms with Crippen LogP contribution in [0.5, 0.6) is 0 Å². The third-order valence-corrected chi connectivity index (χ3v) is 4.04. The van der Waals surface area contributed by atoms with E-state index in [0.29, 0.717) is 12.5 Å². The number of aromatic nitrogens is 1. The van der Waals surface area contributed by atoms with Crippen LogP contribution in [0.3, 0.4) is 0 Å². The van der Waals surface area contributed by atoms with Gasteiger partial charge in [0.15, 0.2) is 5.96 Å². The van der Waals surface area contributed by atoms with Crippen molar-refractivity contribution in [2.24, 2.45) is 10.4 Å². The van der Waals surface area contributed by atoms with Crippen LogP contribution in [0, 0.1) is 12.3 Å². The number of carbonyl (C=O) groups excluding carboxylic acids is 1. The van der Waals surface area contributed by atoms with E-state index in [1.54, 1.807) is 25.4 Å². The zero-order chi connectivity index (χ0) is 15.9.